The van der Waals surface area contributed by atoms with E-state index in [-0.39, 0.29) is 28.9 Å². The van der Waals surface area contributed by atoms with Gasteiger partial charge >= 0.3 is 11.9 Å². The molecule has 0 radical (unpaired) electrons. The molecule has 9 nitrogen and oxygen atoms in total. The minimum Gasteiger partial charge on any atom is -0.465 e. The molecule has 0 saturated heterocycles. The third-order valence-electron chi connectivity index (χ3n) is 4.44. The number of hydrogen-bond donors (Lipinski definition) is 1. The van der Waals surface area contributed by atoms with Gasteiger partial charge in [0.2, 0.25) is 15.9 Å². The fourth-order valence-electron chi connectivity index (χ4n) is 3.07. The maximum absolute atomic E-state index is 13.1. The van der Waals surface area contributed by atoms with E-state index in [1.165, 1.54) is 44.6 Å². The van der Waals surface area contributed by atoms with Gasteiger partial charge in [0.05, 0.1) is 37.3 Å². The Morgan fingerprint density at radius 2 is 1.59 bits per heavy atom. The fraction of sp³-hybridized carbons (Fsp3) is 0.286. The Morgan fingerprint density at radius 1 is 1.03 bits per heavy atom. The van der Waals surface area contributed by atoms with E-state index in [1.807, 2.05) is 0 Å². The summed E-state index contributed by atoms with van der Waals surface area (Å²) >= 11 is 6.01. The molecule has 2 aromatic carbocycles. The highest BCUT2D eigenvalue weighted by atomic mass is 35.5. The molecule has 0 bridgehead atoms. The number of ether oxygens (including phenoxy) is 2. The SMILES string of the molecule is CCC(C(=O)Nc1cc(C(=O)OC)cc(C(=O)OC)c1)N(c1cccc(Cl)c1)S(C)(=O)=O. The minimum absolute atomic E-state index is 0.00792. The van der Waals surface area contributed by atoms with E-state index in [0.717, 1.165) is 10.6 Å². The summed E-state index contributed by atoms with van der Waals surface area (Å²) in [6, 6.07) is 8.87. The van der Waals surface area contributed by atoms with Gasteiger partial charge < -0.3 is 14.8 Å². The molecule has 1 atom stereocenters. The lowest BCUT2D eigenvalue weighted by Crippen LogP contribution is -2.47. The van der Waals surface area contributed by atoms with E-state index < -0.39 is 33.9 Å². The minimum atomic E-state index is -3.87. The highest BCUT2D eigenvalue weighted by Crippen LogP contribution is 2.26. The number of anilines is 2. The van der Waals surface area contributed by atoms with Crippen molar-refractivity contribution in [3.63, 3.8) is 0 Å². The first-order chi connectivity index (χ1) is 15.0. The lowest BCUT2D eigenvalue weighted by Gasteiger charge is -2.30. The quantitative estimate of drug-likeness (QED) is 0.574. The average Bonchev–Trinajstić information content (AvgIpc) is 2.74. The van der Waals surface area contributed by atoms with Crippen LogP contribution < -0.4 is 9.62 Å². The van der Waals surface area contributed by atoms with Gasteiger partial charge in [0.1, 0.15) is 6.04 Å². The molecule has 0 fully saturated rings. The Balaban J connectivity index is 2.48. The maximum atomic E-state index is 13.1. The molecule has 0 aliphatic heterocycles. The van der Waals surface area contributed by atoms with Crippen molar-refractivity contribution in [2.24, 2.45) is 0 Å². The summed E-state index contributed by atoms with van der Waals surface area (Å²) < 4.78 is 35.4. The first-order valence-corrected chi connectivity index (χ1v) is 11.6. The van der Waals surface area contributed by atoms with E-state index in [1.54, 1.807) is 19.1 Å². The number of rotatable bonds is 8. The molecule has 32 heavy (non-hydrogen) atoms. The molecule has 2 aromatic rings. The van der Waals surface area contributed by atoms with E-state index in [2.05, 4.69) is 14.8 Å². The van der Waals surface area contributed by atoms with Crippen molar-refractivity contribution in [2.45, 2.75) is 19.4 Å². The molecule has 11 heteroatoms. The van der Waals surface area contributed by atoms with Crippen LogP contribution in [-0.4, -0.2) is 52.8 Å². The van der Waals surface area contributed by atoms with E-state index in [9.17, 15) is 22.8 Å². The molecule has 0 aromatic heterocycles. The van der Waals surface area contributed by atoms with Gasteiger partial charge in [0.25, 0.3) is 0 Å². The fourth-order valence-corrected chi connectivity index (χ4v) is 4.46. The van der Waals surface area contributed by atoms with Crippen molar-refractivity contribution < 1.29 is 32.3 Å². The second-order valence-electron chi connectivity index (χ2n) is 6.73. The summed E-state index contributed by atoms with van der Waals surface area (Å²) in [4.78, 5) is 37.1. The second-order valence-corrected chi connectivity index (χ2v) is 9.03. The predicted molar refractivity (Wildman–Crippen MR) is 121 cm³/mol. The van der Waals surface area contributed by atoms with Crippen molar-refractivity contribution in [1.29, 1.82) is 0 Å². The number of esters is 2. The third-order valence-corrected chi connectivity index (χ3v) is 5.85. The Morgan fingerprint density at radius 3 is 2.03 bits per heavy atom. The zero-order chi connectivity index (χ0) is 24.1. The van der Waals surface area contributed by atoms with Crippen LogP contribution in [0.25, 0.3) is 0 Å². The van der Waals surface area contributed by atoms with Crippen LogP contribution >= 0.6 is 11.6 Å². The zero-order valence-corrected chi connectivity index (χ0v) is 19.5. The summed E-state index contributed by atoms with van der Waals surface area (Å²) in [7, 11) is -1.52. The molecular formula is C21H23ClN2O7S. The number of carbonyl (C=O) groups excluding carboxylic acids is 3. The zero-order valence-electron chi connectivity index (χ0n) is 17.9. The largest absolute Gasteiger partial charge is 0.465 e. The van der Waals surface area contributed by atoms with Crippen molar-refractivity contribution in [1.82, 2.24) is 0 Å². The van der Waals surface area contributed by atoms with Gasteiger partial charge in [-0.05, 0) is 42.8 Å². The second kappa shape index (κ2) is 10.5. The number of nitrogens with one attached hydrogen (secondary N) is 1. The highest BCUT2D eigenvalue weighted by Gasteiger charge is 2.32. The summed E-state index contributed by atoms with van der Waals surface area (Å²) in [6.07, 6.45) is 1.11. The molecule has 2 rings (SSSR count). The molecular weight excluding hydrogens is 460 g/mol. The Kier molecular flexibility index (Phi) is 8.23. The predicted octanol–water partition coefficient (Wildman–Crippen LogP) is 3.10. The van der Waals surface area contributed by atoms with Crippen LogP contribution in [0.2, 0.25) is 5.02 Å². The van der Waals surface area contributed by atoms with Crippen molar-refractivity contribution in [3.8, 4) is 0 Å². The summed E-state index contributed by atoms with van der Waals surface area (Å²) in [5, 5.41) is 2.88. The van der Waals surface area contributed by atoms with Crippen LogP contribution in [0.4, 0.5) is 11.4 Å². The Labute approximate surface area is 191 Å². The van der Waals surface area contributed by atoms with E-state index in [0.29, 0.717) is 5.02 Å². The van der Waals surface area contributed by atoms with Crippen LogP contribution in [0.3, 0.4) is 0 Å². The van der Waals surface area contributed by atoms with Crippen LogP contribution in [0.15, 0.2) is 42.5 Å². The van der Waals surface area contributed by atoms with Crippen LogP contribution in [0.1, 0.15) is 34.1 Å². The van der Waals surface area contributed by atoms with Crippen LogP contribution in [-0.2, 0) is 24.3 Å². The molecule has 0 aliphatic carbocycles. The number of methoxy groups -OCH3 is 2. The lowest BCUT2D eigenvalue weighted by molar-refractivity contribution is -0.117. The number of sulfonamides is 1. The van der Waals surface area contributed by atoms with Gasteiger partial charge in [-0.3, -0.25) is 9.10 Å². The number of nitrogens with zero attached hydrogens (tertiary/aromatic N) is 1. The Bertz CT molecular complexity index is 1100. The standard InChI is InChI=1S/C21H23ClN2O7S/c1-5-18(24(32(4,28)29)17-8-6-7-15(22)12-17)19(25)23-16-10-13(20(26)30-2)9-14(11-16)21(27)31-3/h6-12,18H,5H2,1-4H3,(H,23,25). The first-order valence-electron chi connectivity index (χ1n) is 9.39. The molecule has 172 valence electrons. The van der Waals surface area contributed by atoms with Crippen molar-refractivity contribution in [2.75, 3.05) is 30.1 Å². The van der Waals surface area contributed by atoms with Gasteiger partial charge in [0.15, 0.2) is 0 Å². The molecule has 0 aliphatic rings. The maximum Gasteiger partial charge on any atom is 0.337 e. The molecule has 0 heterocycles. The molecule has 0 spiro atoms. The summed E-state index contributed by atoms with van der Waals surface area (Å²) in [5.41, 5.74) is 0.332. The van der Waals surface area contributed by atoms with Gasteiger partial charge in [-0.15, -0.1) is 0 Å². The number of halogens is 1. The molecule has 0 saturated carbocycles. The van der Waals surface area contributed by atoms with Crippen LogP contribution in [0, 0.1) is 0 Å². The first kappa shape index (κ1) is 25.2. The average molecular weight is 483 g/mol. The smallest absolute Gasteiger partial charge is 0.337 e. The number of benzene rings is 2. The van der Waals surface area contributed by atoms with Crippen molar-refractivity contribution >= 4 is 50.8 Å². The number of hydrogen-bond acceptors (Lipinski definition) is 7. The number of amides is 1. The molecule has 1 unspecified atom stereocenters. The number of carbonyl (C=O) groups is 3. The van der Waals surface area contributed by atoms with Gasteiger partial charge in [-0.25, -0.2) is 18.0 Å². The monoisotopic (exact) mass is 482 g/mol. The van der Waals surface area contributed by atoms with Gasteiger partial charge in [-0.1, -0.05) is 24.6 Å². The Hall–Kier alpha value is -3.11. The van der Waals surface area contributed by atoms with Crippen molar-refractivity contribution in [3.05, 3.63) is 58.6 Å². The van der Waals surface area contributed by atoms with Crippen LogP contribution in [0.5, 0.6) is 0 Å². The molecule has 1 amide bonds. The lowest BCUT2D eigenvalue weighted by atomic mass is 10.1. The third kappa shape index (κ3) is 5.98. The van der Waals surface area contributed by atoms with E-state index in [4.69, 9.17) is 11.6 Å². The summed E-state index contributed by atoms with van der Waals surface area (Å²) in [6.45, 7) is 1.65. The topological polar surface area (TPSA) is 119 Å². The summed E-state index contributed by atoms with van der Waals surface area (Å²) in [5.74, 6) is -2.12. The van der Waals surface area contributed by atoms with E-state index >= 15 is 0 Å². The van der Waals surface area contributed by atoms with Gasteiger partial charge in [0, 0.05) is 10.7 Å². The highest BCUT2D eigenvalue weighted by molar-refractivity contribution is 7.92. The van der Waals surface area contributed by atoms with Gasteiger partial charge in [-0.2, -0.15) is 0 Å². The normalized spacial score (nSPS) is 11.9. The molecule has 1 N–H and O–H groups in total.